The minimum atomic E-state index is 0.779. The predicted molar refractivity (Wildman–Crippen MR) is 77.7 cm³/mol. The van der Waals surface area contributed by atoms with Crippen LogP contribution in [-0.2, 0) is 4.74 Å². The fourth-order valence-electron chi connectivity index (χ4n) is 2.00. The zero-order chi connectivity index (χ0) is 11.1. The molecule has 16 heavy (non-hydrogen) atoms. The monoisotopic (exact) mass is 279 g/mol. The normalized spacial score (nSPS) is 27.8. The van der Waals surface area contributed by atoms with Gasteiger partial charge >= 0.3 is 0 Å². The largest absolute Gasteiger partial charge is 0.381 e. The van der Waals surface area contributed by atoms with E-state index >= 15 is 0 Å². The van der Waals surface area contributed by atoms with Gasteiger partial charge in [-0.25, -0.2) is 0 Å². The summed E-state index contributed by atoms with van der Waals surface area (Å²) in [5.74, 6) is 7.72. The predicted octanol–water partition coefficient (Wildman–Crippen LogP) is 2.60. The lowest BCUT2D eigenvalue weighted by Gasteiger charge is -2.34. The van der Waals surface area contributed by atoms with Gasteiger partial charge < -0.3 is 4.74 Å². The van der Waals surface area contributed by atoms with Crippen LogP contribution < -0.4 is 0 Å². The van der Waals surface area contributed by atoms with Gasteiger partial charge in [0, 0.05) is 54.0 Å². The first kappa shape index (κ1) is 13.4. The van der Waals surface area contributed by atoms with Crippen molar-refractivity contribution in [3.05, 3.63) is 0 Å². The molecule has 94 valence electrons. The number of rotatable bonds is 1. The van der Waals surface area contributed by atoms with Crippen LogP contribution in [0.5, 0.6) is 0 Å². The van der Waals surface area contributed by atoms with Gasteiger partial charge in [-0.05, 0) is 12.8 Å². The third-order valence-electron chi connectivity index (χ3n) is 2.97. The Morgan fingerprint density at radius 3 is 2.00 bits per heavy atom. The average Bonchev–Trinajstić information content (AvgIpc) is 2.37. The molecule has 0 bridgehead atoms. The Labute approximate surface area is 112 Å². The Hall–Kier alpha value is 0.970. The maximum absolute atomic E-state index is 5.45. The highest BCUT2D eigenvalue weighted by atomic mass is 32.2. The molecule has 0 aromatic rings. The second kappa shape index (κ2) is 8.14. The topological polar surface area (TPSA) is 12.5 Å². The molecule has 0 atom stereocenters. The zero-order valence-corrected chi connectivity index (χ0v) is 12.2. The minimum Gasteiger partial charge on any atom is -0.381 e. The fraction of sp³-hybridized carbons (Fsp3) is 1.00. The Bertz CT molecular complexity index is 178. The molecule has 0 amide bonds. The summed E-state index contributed by atoms with van der Waals surface area (Å²) >= 11 is 6.32. The summed E-state index contributed by atoms with van der Waals surface area (Å²) in [7, 11) is 0. The lowest BCUT2D eigenvalue weighted by molar-refractivity contribution is 0.0471. The summed E-state index contributed by atoms with van der Waals surface area (Å²) in [6, 6.07) is 0.779. The molecule has 0 aliphatic carbocycles. The molecule has 2 aliphatic rings. The maximum Gasteiger partial charge on any atom is 0.0480 e. The van der Waals surface area contributed by atoms with Crippen molar-refractivity contribution in [2.24, 2.45) is 0 Å². The van der Waals surface area contributed by atoms with Gasteiger partial charge in [-0.3, -0.25) is 4.90 Å². The Morgan fingerprint density at radius 2 is 1.38 bits per heavy atom. The van der Waals surface area contributed by atoms with Crippen molar-refractivity contribution >= 4 is 35.3 Å². The molecular weight excluding hydrogens is 258 g/mol. The summed E-state index contributed by atoms with van der Waals surface area (Å²) in [5, 5.41) is 0. The van der Waals surface area contributed by atoms with Gasteiger partial charge in [-0.2, -0.15) is 11.8 Å². The first-order valence-corrected chi connectivity index (χ1v) is 9.48. The van der Waals surface area contributed by atoms with E-state index in [0.29, 0.717) is 0 Å². The first-order chi connectivity index (χ1) is 7.97. The van der Waals surface area contributed by atoms with E-state index < -0.39 is 0 Å². The number of ether oxygens (including phenoxy) is 1. The van der Waals surface area contributed by atoms with Crippen LogP contribution in [-0.4, -0.2) is 58.9 Å². The molecule has 2 nitrogen and oxygen atoms in total. The molecule has 0 aromatic carbocycles. The Morgan fingerprint density at radius 1 is 0.812 bits per heavy atom. The van der Waals surface area contributed by atoms with Crippen molar-refractivity contribution in [3.63, 3.8) is 0 Å². The molecular formula is C11H21NOS3. The molecule has 5 heteroatoms. The zero-order valence-electron chi connectivity index (χ0n) is 9.73. The van der Waals surface area contributed by atoms with Crippen LogP contribution in [0, 0.1) is 0 Å². The highest BCUT2D eigenvalue weighted by molar-refractivity contribution is 8.04. The molecule has 2 saturated heterocycles. The second-order valence-corrected chi connectivity index (χ2v) is 7.49. The van der Waals surface area contributed by atoms with Gasteiger partial charge in [-0.15, -0.1) is 23.5 Å². The number of hydrogen-bond donors (Lipinski definition) is 0. The Balaban J connectivity index is 1.78. The number of thioether (sulfide) groups is 3. The smallest absolute Gasteiger partial charge is 0.0480 e. The van der Waals surface area contributed by atoms with Crippen molar-refractivity contribution in [1.82, 2.24) is 4.90 Å². The van der Waals surface area contributed by atoms with Crippen molar-refractivity contribution in [3.8, 4) is 0 Å². The van der Waals surface area contributed by atoms with Crippen molar-refractivity contribution in [1.29, 1.82) is 0 Å². The van der Waals surface area contributed by atoms with E-state index in [2.05, 4.69) is 40.2 Å². The van der Waals surface area contributed by atoms with Gasteiger partial charge in [0.25, 0.3) is 0 Å². The van der Waals surface area contributed by atoms with E-state index in [4.69, 9.17) is 4.74 Å². The molecule has 0 radical (unpaired) electrons. The lowest BCUT2D eigenvalue weighted by Crippen LogP contribution is -2.39. The van der Waals surface area contributed by atoms with E-state index in [1.54, 1.807) is 0 Å². The van der Waals surface area contributed by atoms with Crippen molar-refractivity contribution in [2.45, 2.75) is 18.9 Å². The van der Waals surface area contributed by atoms with Crippen molar-refractivity contribution in [2.75, 3.05) is 48.0 Å². The summed E-state index contributed by atoms with van der Waals surface area (Å²) in [5.41, 5.74) is 0. The number of nitrogens with zero attached hydrogens (tertiary/aromatic N) is 1. The van der Waals surface area contributed by atoms with Gasteiger partial charge in [0.2, 0.25) is 0 Å². The molecule has 0 saturated carbocycles. The maximum atomic E-state index is 5.45. The highest BCUT2D eigenvalue weighted by Gasteiger charge is 2.21. The fourth-order valence-corrected chi connectivity index (χ4v) is 5.54. The van der Waals surface area contributed by atoms with Crippen LogP contribution in [0.1, 0.15) is 12.8 Å². The van der Waals surface area contributed by atoms with E-state index in [1.165, 1.54) is 47.6 Å². The molecule has 2 aliphatic heterocycles. The highest BCUT2D eigenvalue weighted by Crippen LogP contribution is 2.22. The van der Waals surface area contributed by atoms with Crippen LogP contribution in [0.15, 0.2) is 0 Å². The van der Waals surface area contributed by atoms with Crippen LogP contribution >= 0.6 is 35.3 Å². The van der Waals surface area contributed by atoms with Crippen LogP contribution in [0.3, 0.4) is 0 Å². The molecule has 2 rings (SSSR count). The quantitative estimate of drug-likeness (QED) is 0.729. The van der Waals surface area contributed by atoms with Crippen LogP contribution in [0.25, 0.3) is 0 Å². The van der Waals surface area contributed by atoms with Gasteiger partial charge in [-0.1, -0.05) is 0 Å². The SMILES string of the molecule is C1CC(N2CSCCSCCSC2)CCO1. The van der Waals surface area contributed by atoms with E-state index in [9.17, 15) is 0 Å². The number of hydrogen-bond acceptors (Lipinski definition) is 5. The van der Waals surface area contributed by atoms with Crippen molar-refractivity contribution < 1.29 is 4.74 Å². The average molecular weight is 279 g/mol. The molecule has 0 spiro atoms. The van der Waals surface area contributed by atoms with Crippen LogP contribution in [0.2, 0.25) is 0 Å². The van der Waals surface area contributed by atoms with Gasteiger partial charge in [0.15, 0.2) is 0 Å². The van der Waals surface area contributed by atoms with E-state index in [0.717, 1.165) is 19.3 Å². The first-order valence-electron chi connectivity index (χ1n) is 6.02. The summed E-state index contributed by atoms with van der Waals surface area (Å²) in [6.07, 6.45) is 2.46. The standard InChI is InChI=1S/C11H21NOS3/c1-3-13-4-2-11(1)12-9-15-7-5-14-6-8-16-10-12/h11H,1-10H2. The summed E-state index contributed by atoms with van der Waals surface area (Å²) < 4.78 is 5.45. The summed E-state index contributed by atoms with van der Waals surface area (Å²) in [4.78, 5) is 2.67. The summed E-state index contributed by atoms with van der Waals surface area (Å²) in [6.45, 7) is 1.93. The Kier molecular flexibility index (Phi) is 6.82. The van der Waals surface area contributed by atoms with Gasteiger partial charge in [0.05, 0.1) is 0 Å². The van der Waals surface area contributed by atoms with Gasteiger partial charge in [0.1, 0.15) is 0 Å². The van der Waals surface area contributed by atoms with E-state index in [-0.39, 0.29) is 0 Å². The van der Waals surface area contributed by atoms with E-state index in [1.807, 2.05) is 0 Å². The molecule has 2 fully saturated rings. The molecule has 0 N–H and O–H groups in total. The third kappa shape index (κ3) is 4.69. The minimum absolute atomic E-state index is 0.779. The van der Waals surface area contributed by atoms with Crippen LogP contribution in [0.4, 0.5) is 0 Å². The lowest BCUT2D eigenvalue weighted by atomic mass is 10.1. The second-order valence-electron chi connectivity index (χ2n) is 4.12. The molecule has 0 aromatic heterocycles. The third-order valence-corrected chi connectivity index (χ3v) is 6.48. The molecule has 2 heterocycles. The molecule has 0 unspecified atom stereocenters.